The number of fused-ring (bicyclic) bond motifs is 1. The molecule has 5 nitrogen and oxygen atoms in total. The molecule has 1 heterocycles. The van der Waals surface area contributed by atoms with Crippen LogP contribution in [0.4, 0.5) is 4.39 Å². The van der Waals surface area contributed by atoms with E-state index in [1.165, 1.54) is 18.2 Å². The largest absolute Gasteiger partial charge is 0.484 e. The second-order valence-corrected chi connectivity index (χ2v) is 5.38. The number of benzene rings is 2. The molecule has 124 valence electrons. The van der Waals surface area contributed by atoms with Gasteiger partial charge in [-0.1, -0.05) is 12.1 Å². The van der Waals surface area contributed by atoms with Crippen molar-refractivity contribution in [3.05, 3.63) is 59.7 Å². The molecule has 1 aromatic heterocycles. The zero-order valence-electron chi connectivity index (χ0n) is 13.2. The molecule has 1 N–H and O–H groups in total. The van der Waals surface area contributed by atoms with Crippen molar-refractivity contribution in [1.82, 2.24) is 10.3 Å². The van der Waals surface area contributed by atoms with Gasteiger partial charge in [-0.3, -0.25) is 4.79 Å². The van der Waals surface area contributed by atoms with E-state index >= 15 is 0 Å². The third-order valence-corrected chi connectivity index (χ3v) is 3.46. The van der Waals surface area contributed by atoms with Crippen LogP contribution in [-0.2, 0) is 11.2 Å². The lowest BCUT2D eigenvalue weighted by atomic mass is 10.1. The number of oxazole rings is 1. The number of amides is 1. The third kappa shape index (κ3) is 4.10. The Bertz CT molecular complexity index is 860. The Balaban J connectivity index is 1.45. The average molecular weight is 328 g/mol. The first-order valence-corrected chi connectivity index (χ1v) is 7.61. The van der Waals surface area contributed by atoms with E-state index < -0.39 is 5.82 Å². The van der Waals surface area contributed by atoms with Crippen molar-refractivity contribution in [2.24, 2.45) is 0 Å². The van der Waals surface area contributed by atoms with Crippen LogP contribution in [0.5, 0.6) is 5.75 Å². The molecule has 24 heavy (non-hydrogen) atoms. The topological polar surface area (TPSA) is 64.4 Å². The predicted octanol–water partition coefficient (Wildman–Crippen LogP) is 3.01. The first-order valence-electron chi connectivity index (χ1n) is 7.61. The zero-order chi connectivity index (χ0) is 16.9. The fraction of sp³-hybridized carbons (Fsp3) is 0.222. The second kappa shape index (κ2) is 7.12. The molecule has 2 aromatic carbocycles. The smallest absolute Gasteiger partial charge is 0.257 e. The average Bonchev–Trinajstić information content (AvgIpc) is 2.92. The summed E-state index contributed by atoms with van der Waals surface area (Å²) in [5.41, 5.74) is 2.61. The molecule has 0 atom stereocenters. The van der Waals surface area contributed by atoms with E-state index in [9.17, 15) is 9.18 Å². The molecule has 0 radical (unpaired) electrons. The van der Waals surface area contributed by atoms with Gasteiger partial charge in [-0.05, 0) is 36.2 Å². The molecule has 0 fully saturated rings. The minimum absolute atomic E-state index is 0.149. The van der Waals surface area contributed by atoms with Crippen molar-refractivity contribution < 1.29 is 18.3 Å². The molecule has 6 heteroatoms. The van der Waals surface area contributed by atoms with Gasteiger partial charge in [0, 0.05) is 19.5 Å². The lowest BCUT2D eigenvalue weighted by Crippen LogP contribution is -2.30. The summed E-state index contributed by atoms with van der Waals surface area (Å²) in [4.78, 5) is 16.0. The second-order valence-electron chi connectivity index (χ2n) is 5.38. The number of ether oxygens (including phenoxy) is 1. The zero-order valence-corrected chi connectivity index (χ0v) is 13.2. The number of carbonyl (C=O) groups excluding carboxylic acids is 1. The highest BCUT2D eigenvalue weighted by Gasteiger charge is 2.05. The number of halogens is 1. The molecule has 0 aliphatic rings. The van der Waals surface area contributed by atoms with Gasteiger partial charge >= 0.3 is 0 Å². The molecule has 0 bridgehead atoms. The van der Waals surface area contributed by atoms with Gasteiger partial charge in [-0.2, -0.15) is 0 Å². The van der Waals surface area contributed by atoms with E-state index in [0.717, 1.165) is 16.7 Å². The molecule has 1 amide bonds. The summed E-state index contributed by atoms with van der Waals surface area (Å²) in [6, 6.07) is 11.5. The Hall–Kier alpha value is -2.89. The quantitative estimate of drug-likeness (QED) is 0.755. The van der Waals surface area contributed by atoms with Gasteiger partial charge in [0.15, 0.2) is 18.1 Å². The number of hydrogen-bond acceptors (Lipinski definition) is 4. The molecular formula is C18H17FN2O3. The first-order chi connectivity index (χ1) is 11.6. The summed E-state index contributed by atoms with van der Waals surface area (Å²) in [5.74, 6) is 0.308. The van der Waals surface area contributed by atoms with Crippen LogP contribution in [0.2, 0.25) is 0 Å². The van der Waals surface area contributed by atoms with Crippen LogP contribution in [0, 0.1) is 12.7 Å². The minimum Gasteiger partial charge on any atom is -0.484 e. The van der Waals surface area contributed by atoms with E-state index in [-0.39, 0.29) is 12.5 Å². The van der Waals surface area contributed by atoms with Crippen LogP contribution >= 0.6 is 0 Å². The Morgan fingerprint density at radius 1 is 1.29 bits per heavy atom. The summed E-state index contributed by atoms with van der Waals surface area (Å²) in [5, 5.41) is 2.77. The summed E-state index contributed by atoms with van der Waals surface area (Å²) in [6.45, 7) is 2.13. The lowest BCUT2D eigenvalue weighted by Gasteiger charge is -2.07. The predicted molar refractivity (Wildman–Crippen MR) is 87.4 cm³/mol. The first kappa shape index (κ1) is 16.0. The van der Waals surface area contributed by atoms with E-state index in [1.807, 2.05) is 18.2 Å². The van der Waals surface area contributed by atoms with Crippen LogP contribution in [-0.4, -0.2) is 24.0 Å². The number of nitrogens with zero attached hydrogens (tertiary/aromatic N) is 1. The highest BCUT2D eigenvalue weighted by molar-refractivity contribution is 5.77. The van der Waals surface area contributed by atoms with Crippen molar-refractivity contribution in [2.45, 2.75) is 13.3 Å². The Morgan fingerprint density at radius 2 is 2.17 bits per heavy atom. The third-order valence-electron chi connectivity index (χ3n) is 3.46. The van der Waals surface area contributed by atoms with Gasteiger partial charge in [-0.15, -0.1) is 0 Å². The Morgan fingerprint density at radius 3 is 3.00 bits per heavy atom. The number of nitrogens with one attached hydrogen (secondary N) is 1. The van der Waals surface area contributed by atoms with Gasteiger partial charge in [0.1, 0.15) is 17.1 Å². The van der Waals surface area contributed by atoms with Gasteiger partial charge in [-0.25, -0.2) is 9.37 Å². The van der Waals surface area contributed by atoms with Crippen LogP contribution < -0.4 is 10.1 Å². The van der Waals surface area contributed by atoms with E-state index in [0.29, 0.717) is 24.6 Å². The van der Waals surface area contributed by atoms with Crippen molar-refractivity contribution in [3.63, 3.8) is 0 Å². The minimum atomic E-state index is -0.397. The van der Waals surface area contributed by atoms with Crippen LogP contribution in [0.25, 0.3) is 11.1 Å². The van der Waals surface area contributed by atoms with Crippen LogP contribution in [0.15, 0.2) is 46.9 Å². The van der Waals surface area contributed by atoms with Crippen LogP contribution in [0.3, 0.4) is 0 Å². The summed E-state index contributed by atoms with van der Waals surface area (Å²) in [6.07, 6.45) is 0.668. The number of aryl methyl sites for hydroxylation is 1. The van der Waals surface area contributed by atoms with Crippen molar-refractivity contribution in [1.29, 1.82) is 0 Å². The maximum atomic E-state index is 13.0. The highest BCUT2D eigenvalue weighted by atomic mass is 19.1. The number of aromatic nitrogens is 1. The van der Waals surface area contributed by atoms with E-state index in [4.69, 9.17) is 9.15 Å². The van der Waals surface area contributed by atoms with Gasteiger partial charge < -0.3 is 14.5 Å². The molecule has 0 unspecified atom stereocenters. The maximum Gasteiger partial charge on any atom is 0.257 e. The number of hydrogen-bond donors (Lipinski definition) is 1. The fourth-order valence-corrected chi connectivity index (χ4v) is 2.34. The van der Waals surface area contributed by atoms with Gasteiger partial charge in [0.05, 0.1) is 0 Å². The van der Waals surface area contributed by atoms with Crippen LogP contribution in [0.1, 0.15) is 11.5 Å². The maximum absolute atomic E-state index is 13.0. The molecule has 3 rings (SSSR count). The fourth-order valence-electron chi connectivity index (χ4n) is 2.34. The van der Waals surface area contributed by atoms with Crippen molar-refractivity contribution in [3.8, 4) is 5.75 Å². The summed E-state index contributed by atoms with van der Waals surface area (Å²) >= 11 is 0. The van der Waals surface area contributed by atoms with Crippen molar-refractivity contribution >= 4 is 17.0 Å². The normalized spacial score (nSPS) is 10.8. The Labute approximate surface area is 138 Å². The SMILES string of the molecule is Cc1nc2ccc(CCNC(=O)COc3cccc(F)c3)cc2o1. The summed E-state index contributed by atoms with van der Waals surface area (Å²) in [7, 11) is 0. The Kier molecular flexibility index (Phi) is 4.74. The molecule has 0 spiro atoms. The number of rotatable bonds is 6. The molecule has 0 saturated heterocycles. The van der Waals surface area contributed by atoms with E-state index in [2.05, 4.69) is 10.3 Å². The molecule has 0 saturated carbocycles. The standard InChI is InChI=1S/C18H17FN2O3/c1-12-21-16-6-5-13(9-17(16)24-12)7-8-20-18(22)11-23-15-4-2-3-14(19)10-15/h2-6,9-10H,7-8,11H2,1H3,(H,20,22). The molecule has 0 aliphatic carbocycles. The lowest BCUT2D eigenvalue weighted by molar-refractivity contribution is -0.123. The molecular weight excluding hydrogens is 311 g/mol. The molecule has 0 aliphatic heterocycles. The highest BCUT2D eigenvalue weighted by Crippen LogP contribution is 2.17. The molecule has 3 aromatic rings. The van der Waals surface area contributed by atoms with E-state index in [1.54, 1.807) is 13.0 Å². The summed E-state index contributed by atoms with van der Waals surface area (Å²) < 4.78 is 23.7. The van der Waals surface area contributed by atoms with Gasteiger partial charge in [0.25, 0.3) is 5.91 Å². The van der Waals surface area contributed by atoms with Gasteiger partial charge in [0.2, 0.25) is 0 Å². The van der Waals surface area contributed by atoms with Crippen molar-refractivity contribution in [2.75, 3.05) is 13.2 Å². The monoisotopic (exact) mass is 328 g/mol. The number of carbonyl (C=O) groups is 1.